The van der Waals surface area contributed by atoms with E-state index in [-0.39, 0.29) is 11.0 Å². The fourth-order valence-electron chi connectivity index (χ4n) is 2.77. The molecule has 0 saturated carbocycles. The molecule has 8 heteroatoms. The highest BCUT2D eigenvalue weighted by atomic mass is 79.9. The van der Waals surface area contributed by atoms with Gasteiger partial charge in [0.1, 0.15) is 5.01 Å². The van der Waals surface area contributed by atoms with Crippen molar-refractivity contribution in [3.8, 4) is 10.6 Å². The summed E-state index contributed by atoms with van der Waals surface area (Å²) in [7, 11) is 0. The first-order valence-electron chi connectivity index (χ1n) is 8.53. The Kier molecular flexibility index (Phi) is 6.05. The summed E-state index contributed by atoms with van der Waals surface area (Å²) in [5.74, 6) is -0.266. The zero-order chi connectivity index (χ0) is 20.4. The zero-order valence-corrected chi connectivity index (χ0v) is 19.6. The van der Waals surface area contributed by atoms with E-state index in [4.69, 9.17) is 17.2 Å². The number of halogens is 2. The zero-order valence-electron chi connectivity index (χ0n) is 14.8. The summed E-state index contributed by atoms with van der Waals surface area (Å²) in [5, 5.41) is 6.94. The lowest BCUT2D eigenvalue weighted by Crippen LogP contribution is -2.34. The van der Waals surface area contributed by atoms with Gasteiger partial charge in [0.25, 0.3) is 5.91 Å². The molecule has 4 nitrogen and oxygen atoms in total. The molecule has 2 N–H and O–H groups in total. The van der Waals surface area contributed by atoms with Gasteiger partial charge >= 0.3 is 0 Å². The smallest absolute Gasteiger partial charge is 0.257 e. The predicted molar refractivity (Wildman–Crippen MR) is 131 cm³/mol. The number of hydrogen-bond acceptors (Lipinski definition) is 4. The minimum absolute atomic E-state index is 0.212. The topological polar surface area (TPSA) is 54.0 Å². The molecule has 0 aliphatic carbocycles. The van der Waals surface area contributed by atoms with Crippen LogP contribution in [0.5, 0.6) is 0 Å². The number of anilines is 1. The second-order valence-corrected chi connectivity index (χ2v) is 9.28. The molecule has 0 saturated heterocycles. The van der Waals surface area contributed by atoms with E-state index in [2.05, 4.69) is 42.5 Å². The Hall–Kier alpha value is -2.13. The number of nitrogens with one attached hydrogen (secondary N) is 2. The van der Waals surface area contributed by atoms with Crippen LogP contribution in [0, 0.1) is 0 Å². The molecular formula is C21H13Br2N3OS2. The van der Waals surface area contributed by atoms with Crippen LogP contribution in [0.1, 0.15) is 10.4 Å². The first-order chi connectivity index (χ1) is 14.0. The van der Waals surface area contributed by atoms with Crippen LogP contribution in [0.3, 0.4) is 0 Å². The number of amides is 1. The Labute approximate surface area is 193 Å². The highest BCUT2D eigenvalue weighted by Crippen LogP contribution is 2.40. The maximum Gasteiger partial charge on any atom is 0.257 e. The molecule has 0 unspecified atom stereocenters. The SMILES string of the molecule is O=C(NC(=S)Nc1c(Br)cc(Br)cc1-c1nc2ccccc2s1)c1ccccc1. The number of thiocarbonyl (C=S) groups is 1. The average molecular weight is 547 g/mol. The molecule has 0 atom stereocenters. The number of carbonyl (C=O) groups excluding carboxylic acids is 1. The number of carbonyl (C=O) groups is 1. The molecule has 0 spiro atoms. The van der Waals surface area contributed by atoms with Crippen molar-refractivity contribution in [1.82, 2.24) is 10.3 Å². The molecule has 0 aliphatic heterocycles. The lowest BCUT2D eigenvalue weighted by molar-refractivity contribution is 0.0977. The fourth-order valence-corrected chi connectivity index (χ4v) is 5.27. The van der Waals surface area contributed by atoms with E-state index in [1.807, 2.05) is 54.6 Å². The quantitative estimate of drug-likeness (QED) is 0.284. The standard InChI is InChI=1S/C21H13Br2N3OS2/c22-13-10-14(20-24-16-8-4-5-9-17(16)29-20)18(15(23)11-13)25-21(28)26-19(27)12-6-2-1-3-7-12/h1-11H,(H2,25,26,27,28). The van der Waals surface area contributed by atoms with Gasteiger partial charge in [-0.05, 0) is 64.5 Å². The highest BCUT2D eigenvalue weighted by molar-refractivity contribution is 9.11. The van der Waals surface area contributed by atoms with Crippen molar-refractivity contribution in [1.29, 1.82) is 0 Å². The molecule has 1 aromatic heterocycles. The van der Waals surface area contributed by atoms with Gasteiger partial charge in [0, 0.05) is 20.1 Å². The number of para-hydroxylation sites is 1. The molecule has 0 fully saturated rings. The van der Waals surface area contributed by atoms with Crippen LogP contribution in [0.2, 0.25) is 0 Å². The number of fused-ring (bicyclic) bond motifs is 1. The monoisotopic (exact) mass is 545 g/mol. The average Bonchev–Trinajstić information content (AvgIpc) is 3.14. The number of aromatic nitrogens is 1. The second kappa shape index (κ2) is 8.71. The van der Waals surface area contributed by atoms with Crippen LogP contribution < -0.4 is 10.6 Å². The molecule has 4 rings (SSSR count). The number of nitrogens with zero attached hydrogens (tertiary/aromatic N) is 1. The van der Waals surface area contributed by atoms with Gasteiger partial charge in [-0.2, -0.15) is 0 Å². The van der Waals surface area contributed by atoms with Gasteiger partial charge in [0.05, 0.1) is 15.9 Å². The molecule has 3 aromatic carbocycles. The molecule has 1 amide bonds. The first-order valence-corrected chi connectivity index (χ1v) is 11.3. The molecular weight excluding hydrogens is 534 g/mol. The van der Waals surface area contributed by atoms with Crippen molar-refractivity contribution in [2.45, 2.75) is 0 Å². The van der Waals surface area contributed by atoms with Crippen LogP contribution in [-0.2, 0) is 0 Å². The molecule has 29 heavy (non-hydrogen) atoms. The third-order valence-corrected chi connectivity index (χ3v) is 6.44. The van der Waals surface area contributed by atoms with E-state index in [1.54, 1.807) is 23.5 Å². The summed E-state index contributed by atoms with van der Waals surface area (Å²) in [4.78, 5) is 17.1. The summed E-state index contributed by atoms with van der Waals surface area (Å²) >= 11 is 14.1. The van der Waals surface area contributed by atoms with E-state index < -0.39 is 0 Å². The Bertz CT molecular complexity index is 1190. The lowest BCUT2D eigenvalue weighted by atomic mass is 10.2. The van der Waals surface area contributed by atoms with E-state index >= 15 is 0 Å². The third-order valence-electron chi connectivity index (χ3n) is 4.08. The summed E-state index contributed by atoms with van der Waals surface area (Å²) in [6.07, 6.45) is 0. The third kappa shape index (κ3) is 4.56. The van der Waals surface area contributed by atoms with Crippen LogP contribution in [-0.4, -0.2) is 16.0 Å². The summed E-state index contributed by atoms with van der Waals surface area (Å²) in [6, 6.07) is 20.8. The Morgan fingerprint density at radius 1 is 1.00 bits per heavy atom. The van der Waals surface area contributed by atoms with Crippen LogP contribution in [0.25, 0.3) is 20.8 Å². The van der Waals surface area contributed by atoms with E-state index in [0.717, 1.165) is 35.4 Å². The highest BCUT2D eigenvalue weighted by Gasteiger charge is 2.17. The van der Waals surface area contributed by atoms with E-state index in [1.165, 1.54) is 0 Å². The predicted octanol–water partition coefficient (Wildman–Crippen LogP) is 6.62. The molecule has 4 aromatic rings. The van der Waals surface area contributed by atoms with Crippen molar-refractivity contribution in [3.05, 3.63) is 81.2 Å². The number of hydrogen-bond donors (Lipinski definition) is 2. The summed E-state index contributed by atoms with van der Waals surface area (Å²) < 4.78 is 2.81. The molecule has 0 aliphatic rings. The van der Waals surface area contributed by atoms with Crippen molar-refractivity contribution in [3.63, 3.8) is 0 Å². The second-order valence-electron chi connectivity index (χ2n) is 6.07. The lowest BCUT2D eigenvalue weighted by Gasteiger charge is -2.15. The van der Waals surface area contributed by atoms with Gasteiger partial charge < -0.3 is 5.32 Å². The van der Waals surface area contributed by atoms with Gasteiger partial charge in [-0.3, -0.25) is 10.1 Å². The Balaban J connectivity index is 1.65. The van der Waals surface area contributed by atoms with Gasteiger partial charge in [0.2, 0.25) is 0 Å². The van der Waals surface area contributed by atoms with Gasteiger partial charge in [-0.1, -0.05) is 46.3 Å². The van der Waals surface area contributed by atoms with Crippen molar-refractivity contribution < 1.29 is 4.79 Å². The number of rotatable bonds is 3. The minimum Gasteiger partial charge on any atom is -0.331 e. The van der Waals surface area contributed by atoms with Crippen LogP contribution in [0.4, 0.5) is 5.69 Å². The van der Waals surface area contributed by atoms with Crippen LogP contribution in [0.15, 0.2) is 75.7 Å². The van der Waals surface area contributed by atoms with Crippen molar-refractivity contribution in [2.24, 2.45) is 0 Å². The largest absolute Gasteiger partial charge is 0.331 e. The Morgan fingerprint density at radius 2 is 1.72 bits per heavy atom. The van der Waals surface area contributed by atoms with Crippen molar-refractivity contribution in [2.75, 3.05) is 5.32 Å². The molecule has 144 valence electrons. The van der Waals surface area contributed by atoms with Gasteiger partial charge in [0.15, 0.2) is 5.11 Å². The number of benzene rings is 3. The normalized spacial score (nSPS) is 10.7. The Morgan fingerprint density at radius 3 is 2.48 bits per heavy atom. The minimum atomic E-state index is -0.266. The van der Waals surface area contributed by atoms with Crippen molar-refractivity contribution >= 4 is 82.3 Å². The maximum atomic E-state index is 12.4. The maximum absolute atomic E-state index is 12.4. The van der Waals surface area contributed by atoms with E-state index in [0.29, 0.717) is 5.56 Å². The fraction of sp³-hybridized carbons (Fsp3) is 0. The van der Waals surface area contributed by atoms with Gasteiger partial charge in [-0.15, -0.1) is 11.3 Å². The first kappa shape index (κ1) is 20.2. The number of thiazole rings is 1. The molecule has 0 bridgehead atoms. The van der Waals surface area contributed by atoms with Gasteiger partial charge in [-0.25, -0.2) is 4.98 Å². The summed E-state index contributed by atoms with van der Waals surface area (Å²) in [6.45, 7) is 0. The van der Waals surface area contributed by atoms with E-state index in [9.17, 15) is 4.79 Å². The molecule has 1 heterocycles. The molecule has 0 radical (unpaired) electrons. The van der Waals surface area contributed by atoms with Crippen LogP contribution >= 0.6 is 55.4 Å². The summed E-state index contributed by atoms with van der Waals surface area (Å²) in [5.41, 5.74) is 3.10.